The molecular weight excluding hydrogens is 246 g/mol. The monoisotopic (exact) mass is 265 g/mol. The van der Waals surface area contributed by atoms with Gasteiger partial charge >= 0.3 is 0 Å². The largest absolute Gasteiger partial charge is 0.409 e. The lowest BCUT2D eigenvalue weighted by Gasteiger charge is -2.20. The van der Waals surface area contributed by atoms with Crippen molar-refractivity contribution >= 4 is 17.4 Å². The number of carbonyl (C=O) groups excluding carboxylic acids is 1. The number of hydrogen-bond acceptors (Lipinski definition) is 4. The zero-order valence-corrected chi connectivity index (χ0v) is 11.2. The highest BCUT2D eigenvalue weighted by Crippen LogP contribution is 2.19. The van der Waals surface area contributed by atoms with Crippen LogP contribution in [-0.2, 0) is 9.53 Å². The summed E-state index contributed by atoms with van der Waals surface area (Å²) >= 11 is 0. The highest BCUT2D eigenvalue weighted by molar-refractivity contribution is 6.06. The molecule has 19 heavy (non-hydrogen) atoms. The third-order valence-electron chi connectivity index (χ3n) is 2.76. The van der Waals surface area contributed by atoms with E-state index in [2.05, 4.69) is 5.16 Å². The summed E-state index contributed by atoms with van der Waals surface area (Å²) in [7, 11) is 3.26. The van der Waals surface area contributed by atoms with Crippen LogP contribution in [0.5, 0.6) is 0 Å². The summed E-state index contributed by atoms with van der Waals surface area (Å²) in [5, 5.41) is 11.7. The predicted molar refractivity (Wildman–Crippen MR) is 73.5 cm³/mol. The number of hydrogen-bond donors (Lipinski definition) is 2. The lowest BCUT2D eigenvalue weighted by Crippen LogP contribution is -2.29. The van der Waals surface area contributed by atoms with E-state index in [4.69, 9.17) is 15.7 Å². The zero-order chi connectivity index (χ0) is 14.3. The number of carbonyl (C=O) groups is 1. The van der Waals surface area contributed by atoms with E-state index in [1.807, 2.05) is 0 Å². The highest BCUT2D eigenvalue weighted by atomic mass is 16.5. The molecule has 1 rings (SSSR count). The van der Waals surface area contributed by atoms with E-state index in [1.165, 1.54) is 4.90 Å². The van der Waals surface area contributed by atoms with Crippen molar-refractivity contribution in [3.05, 3.63) is 29.8 Å². The van der Waals surface area contributed by atoms with Crippen molar-refractivity contribution in [3.63, 3.8) is 0 Å². The van der Waals surface area contributed by atoms with Gasteiger partial charge in [-0.3, -0.25) is 4.79 Å². The maximum atomic E-state index is 12.0. The lowest BCUT2D eigenvalue weighted by molar-refractivity contribution is -0.118. The van der Waals surface area contributed by atoms with Gasteiger partial charge in [0.1, 0.15) is 0 Å². The third-order valence-corrected chi connectivity index (χ3v) is 2.76. The van der Waals surface area contributed by atoms with Crippen LogP contribution in [-0.4, -0.2) is 37.7 Å². The molecule has 6 nitrogen and oxygen atoms in total. The Hall–Kier alpha value is -2.08. The van der Waals surface area contributed by atoms with Crippen molar-refractivity contribution in [1.82, 2.24) is 0 Å². The van der Waals surface area contributed by atoms with Gasteiger partial charge in [-0.1, -0.05) is 17.3 Å². The SMILES string of the molecule is COCCCC(=O)N(C)c1ccccc1C(N)=NO. The van der Waals surface area contributed by atoms with Crippen LogP contribution in [0, 0.1) is 0 Å². The van der Waals surface area contributed by atoms with Crippen molar-refractivity contribution in [2.45, 2.75) is 12.8 Å². The summed E-state index contributed by atoms with van der Waals surface area (Å²) in [5.74, 6) is -0.0672. The molecular formula is C13H19N3O3. The fourth-order valence-corrected chi connectivity index (χ4v) is 1.71. The molecule has 1 aromatic carbocycles. The number of ether oxygens (including phenoxy) is 1. The quantitative estimate of drug-likeness (QED) is 0.266. The van der Waals surface area contributed by atoms with Crippen molar-refractivity contribution in [2.75, 3.05) is 25.7 Å². The molecule has 104 valence electrons. The molecule has 1 aromatic rings. The Morgan fingerprint density at radius 2 is 2.16 bits per heavy atom. The molecule has 6 heteroatoms. The van der Waals surface area contributed by atoms with Crippen molar-refractivity contribution in [2.24, 2.45) is 10.9 Å². The van der Waals surface area contributed by atoms with Crippen LogP contribution >= 0.6 is 0 Å². The van der Waals surface area contributed by atoms with Crippen molar-refractivity contribution in [1.29, 1.82) is 0 Å². The number of amides is 1. The summed E-state index contributed by atoms with van der Waals surface area (Å²) in [5.41, 5.74) is 6.73. The molecule has 0 spiro atoms. The predicted octanol–water partition coefficient (Wildman–Crippen LogP) is 1.17. The average molecular weight is 265 g/mol. The minimum atomic E-state index is -0.0461. The Morgan fingerprint density at radius 3 is 2.79 bits per heavy atom. The van der Waals surface area contributed by atoms with Crippen LogP contribution in [0.15, 0.2) is 29.4 Å². The number of rotatable bonds is 6. The molecule has 3 N–H and O–H groups in total. The molecule has 0 saturated carbocycles. The second-order valence-corrected chi connectivity index (χ2v) is 4.05. The highest BCUT2D eigenvalue weighted by Gasteiger charge is 2.15. The number of benzene rings is 1. The van der Waals surface area contributed by atoms with Gasteiger partial charge < -0.3 is 20.6 Å². The van der Waals surface area contributed by atoms with E-state index < -0.39 is 0 Å². The fourth-order valence-electron chi connectivity index (χ4n) is 1.71. The number of amidine groups is 1. The first-order chi connectivity index (χ1) is 9.11. The molecule has 0 aromatic heterocycles. The van der Waals surface area contributed by atoms with Crippen LogP contribution in [0.3, 0.4) is 0 Å². The minimum Gasteiger partial charge on any atom is -0.409 e. The van der Waals surface area contributed by atoms with Gasteiger partial charge in [0, 0.05) is 32.7 Å². The number of para-hydroxylation sites is 1. The van der Waals surface area contributed by atoms with Gasteiger partial charge in [0.15, 0.2) is 5.84 Å². The molecule has 0 unspecified atom stereocenters. The summed E-state index contributed by atoms with van der Waals surface area (Å²) < 4.78 is 4.91. The first-order valence-corrected chi connectivity index (χ1v) is 5.94. The van der Waals surface area contributed by atoms with Crippen molar-refractivity contribution in [3.8, 4) is 0 Å². The lowest BCUT2D eigenvalue weighted by atomic mass is 10.1. The minimum absolute atomic E-state index is 0.0212. The Balaban J connectivity index is 2.87. The number of methoxy groups -OCH3 is 1. The van der Waals surface area contributed by atoms with Gasteiger partial charge in [0.2, 0.25) is 5.91 Å². The van der Waals surface area contributed by atoms with Gasteiger partial charge in [0.25, 0.3) is 0 Å². The summed E-state index contributed by atoms with van der Waals surface area (Å²) in [6, 6.07) is 7.01. The molecule has 0 aliphatic rings. The summed E-state index contributed by atoms with van der Waals surface area (Å²) in [6.07, 6.45) is 1.04. The average Bonchev–Trinajstić information content (AvgIpc) is 2.45. The third kappa shape index (κ3) is 3.96. The van der Waals surface area contributed by atoms with Crippen LogP contribution in [0.25, 0.3) is 0 Å². The maximum Gasteiger partial charge on any atom is 0.226 e. The van der Waals surface area contributed by atoms with E-state index in [0.29, 0.717) is 30.7 Å². The smallest absolute Gasteiger partial charge is 0.226 e. The van der Waals surface area contributed by atoms with Gasteiger partial charge in [-0.15, -0.1) is 0 Å². The van der Waals surface area contributed by atoms with E-state index in [9.17, 15) is 4.79 Å². The fraction of sp³-hybridized carbons (Fsp3) is 0.385. The zero-order valence-electron chi connectivity index (χ0n) is 11.2. The molecule has 0 fully saturated rings. The molecule has 0 bridgehead atoms. The van der Waals surface area contributed by atoms with E-state index in [1.54, 1.807) is 38.4 Å². The van der Waals surface area contributed by atoms with Gasteiger partial charge in [-0.05, 0) is 18.6 Å². The van der Waals surface area contributed by atoms with Crippen LogP contribution in [0.1, 0.15) is 18.4 Å². The molecule has 0 aliphatic heterocycles. The van der Waals surface area contributed by atoms with E-state index in [0.717, 1.165) is 0 Å². The molecule has 0 radical (unpaired) electrons. The first-order valence-electron chi connectivity index (χ1n) is 5.94. The Bertz CT molecular complexity index is 460. The topological polar surface area (TPSA) is 88.2 Å². The molecule has 0 heterocycles. The second-order valence-electron chi connectivity index (χ2n) is 4.05. The number of oxime groups is 1. The standard InChI is InChI=1S/C13H19N3O3/c1-16(12(17)8-5-9-19-2)11-7-4-3-6-10(11)13(14)15-18/h3-4,6-7,18H,5,8-9H2,1-2H3,(H2,14,15). The van der Waals surface area contributed by atoms with Gasteiger partial charge in [0.05, 0.1) is 5.69 Å². The number of anilines is 1. The number of nitrogens with zero attached hydrogens (tertiary/aromatic N) is 2. The van der Waals surface area contributed by atoms with Crippen LogP contribution in [0.2, 0.25) is 0 Å². The van der Waals surface area contributed by atoms with E-state index >= 15 is 0 Å². The summed E-state index contributed by atoms with van der Waals surface area (Å²) in [4.78, 5) is 13.5. The number of nitrogens with two attached hydrogens (primary N) is 1. The Labute approximate surface area is 112 Å². The Morgan fingerprint density at radius 1 is 1.47 bits per heavy atom. The van der Waals surface area contributed by atoms with Crippen LogP contribution in [0.4, 0.5) is 5.69 Å². The summed E-state index contributed by atoms with van der Waals surface area (Å²) in [6.45, 7) is 0.543. The van der Waals surface area contributed by atoms with Crippen LogP contribution < -0.4 is 10.6 Å². The Kier molecular flexibility index (Phi) is 5.81. The second kappa shape index (κ2) is 7.38. The van der Waals surface area contributed by atoms with Gasteiger partial charge in [-0.2, -0.15) is 0 Å². The normalized spacial score (nSPS) is 11.4. The first kappa shape index (κ1) is 15.0. The molecule has 0 aliphatic carbocycles. The van der Waals surface area contributed by atoms with Crippen molar-refractivity contribution < 1.29 is 14.7 Å². The maximum absolute atomic E-state index is 12.0. The van der Waals surface area contributed by atoms with E-state index in [-0.39, 0.29) is 11.7 Å². The van der Waals surface area contributed by atoms with Gasteiger partial charge in [-0.25, -0.2) is 0 Å². The molecule has 0 saturated heterocycles. The molecule has 1 amide bonds. The molecule has 0 atom stereocenters.